The largest absolute Gasteiger partial charge is 0.474 e. The Morgan fingerprint density at radius 3 is 2.45 bits per heavy atom. The van der Waals surface area contributed by atoms with Gasteiger partial charge in [0, 0.05) is 36.0 Å². The SMILES string of the molecule is CCNC(=O)c1ccc(NC(=O)C2CCC(Oc3ccc(C#N)cn3)CC2)cc1. The number of nitriles is 1. The quantitative estimate of drug-likeness (QED) is 0.785. The van der Waals surface area contributed by atoms with E-state index < -0.39 is 0 Å². The summed E-state index contributed by atoms with van der Waals surface area (Å²) in [6.07, 6.45) is 4.54. The highest BCUT2D eigenvalue weighted by Gasteiger charge is 2.27. The molecule has 1 aromatic heterocycles. The van der Waals surface area contributed by atoms with E-state index in [0.29, 0.717) is 29.2 Å². The van der Waals surface area contributed by atoms with Crippen LogP contribution in [-0.4, -0.2) is 29.4 Å². The molecule has 29 heavy (non-hydrogen) atoms. The van der Waals surface area contributed by atoms with Crippen molar-refractivity contribution < 1.29 is 14.3 Å². The van der Waals surface area contributed by atoms with Crippen LogP contribution in [0.4, 0.5) is 5.69 Å². The van der Waals surface area contributed by atoms with E-state index in [9.17, 15) is 9.59 Å². The van der Waals surface area contributed by atoms with E-state index >= 15 is 0 Å². The topological polar surface area (TPSA) is 104 Å². The van der Waals surface area contributed by atoms with E-state index in [1.165, 1.54) is 6.20 Å². The molecule has 1 fully saturated rings. The van der Waals surface area contributed by atoms with Gasteiger partial charge in [-0.25, -0.2) is 4.98 Å². The molecule has 0 atom stereocenters. The third-order valence-corrected chi connectivity index (χ3v) is 4.95. The van der Waals surface area contributed by atoms with Crippen LogP contribution < -0.4 is 15.4 Å². The third-order valence-electron chi connectivity index (χ3n) is 4.95. The Hall–Kier alpha value is -3.40. The summed E-state index contributed by atoms with van der Waals surface area (Å²) in [5, 5.41) is 14.5. The van der Waals surface area contributed by atoms with E-state index in [1.807, 2.05) is 13.0 Å². The second-order valence-electron chi connectivity index (χ2n) is 7.01. The zero-order valence-electron chi connectivity index (χ0n) is 16.4. The summed E-state index contributed by atoms with van der Waals surface area (Å²) in [4.78, 5) is 28.5. The van der Waals surface area contributed by atoms with Gasteiger partial charge in [-0.1, -0.05) is 0 Å². The number of benzene rings is 1. The molecule has 0 spiro atoms. The summed E-state index contributed by atoms with van der Waals surface area (Å²) in [5.74, 6) is 0.308. The number of amides is 2. The fourth-order valence-electron chi connectivity index (χ4n) is 3.34. The summed E-state index contributed by atoms with van der Waals surface area (Å²) in [6.45, 7) is 2.44. The Kier molecular flexibility index (Phi) is 6.80. The minimum atomic E-state index is -0.125. The van der Waals surface area contributed by atoms with Gasteiger partial charge in [-0.3, -0.25) is 9.59 Å². The Bertz CT molecular complexity index is 880. The molecule has 3 rings (SSSR count). The number of anilines is 1. The van der Waals surface area contributed by atoms with Crippen molar-refractivity contribution in [3.63, 3.8) is 0 Å². The van der Waals surface area contributed by atoms with Crippen molar-refractivity contribution in [2.24, 2.45) is 5.92 Å². The fraction of sp³-hybridized carbons (Fsp3) is 0.364. The first-order valence-corrected chi connectivity index (χ1v) is 9.81. The molecule has 2 amide bonds. The van der Waals surface area contributed by atoms with Crippen molar-refractivity contribution in [1.29, 1.82) is 5.26 Å². The molecule has 1 heterocycles. The first kappa shape index (κ1) is 20.3. The summed E-state index contributed by atoms with van der Waals surface area (Å²) in [6, 6.07) is 12.3. The Balaban J connectivity index is 1.47. The molecule has 0 radical (unpaired) electrons. The van der Waals surface area contributed by atoms with E-state index in [4.69, 9.17) is 10.00 Å². The number of aromatic nitrogens is 1. The zero-order chi connectivity index (χ0) is 20.6. The Morgan fingerprint density at radius 2 is 1.86 bits per heavy atom. The van der Waals surface area contributed by atoms with Gasteiger partial charge in [-0.05, 0) is 62.9 Å². The maximum Gasteiger partial charge on any atom is 0.251 e. The smallest absolute Gasteiger partial charge is 0.251 e. The van der Waals surface area contributed by atoms with Crippen LogP contribution in [0, 0.1) is 17.2 Å². The van der Waals surface area contributed by atoms with Crippen molar-refractivity contribution in [3.05, 3.63) is 53.7 Å². The number of pyridine rings is 1. The minimum Gasteiger partial charge on any atom is -0.474 e. The van der Waals surface area contributed by atoms with Crippen molar-refractivity contribution in [1.82, 2.24) is 10.3 Å². The van der Waals surface area contributed by atoms with Gasteiger partial charge in [0.05, 0.1) is 5.56 Å². The molecule has 1 aromatic carbocycles. The first-order valence-electron chi connectivity index (χ1n) is 9.81. The second-order valence-corrected chi connectivity index (χ2v) is 7.01. The number of carbonyl (C=O) groups is 2. The molecule has 0 bridgehead atoms. The standard InChI is InChI=1S/C22H24N4O3/c1-2-24-21(27)16-4-8-18(9-5-16)26-22(28)17-6-10-19(11-7-17)29-20-12-3-15(13-23)14-25-20/h3-5,8-9,12,14,17,19H,2,6-7,10-11H2,1H3,(H,24,27)(H,26,28). The maximum atomic E-state index is 12.6. The molecule has 2 aromatic rings. The van der Waals surface area contributed by atoms with Crippen LogP contribution in [0.2, 0.25) is 0 Å². The van der Waals surface area contributed by atoms with Crippen LogP contribution in [-0.2, 0) is 4.79 Å². The predicted octanol–water partition coefficient (Wildman–Crippen LogP) is 3.28. The van der Waals surface area contributed by atoms with Gasteiger partial charge in [0.25, 0.3) is 5.91 Å². The van der Waals surface area contributed by atoms with E-state index in [2.05, 4.69) is 15.6 Å². The van der Waals surface area contributed by atoms with Gasteiger partial charge in [-0.15, -0.1) is 0 Å². The number of hydrogen-bond donors (Lipinski definition) is 2. The van der Waals surface area contributed by atoms with Crippen LogP contribution >= 0.6 is 0 Å². The van der Waals surface area contributed by atoms with Crippen molar-refractivity contribution in [2.45, 2.75) is 38.7 Å². The Morgan fingerprint density at radius 1 is 1.14 bits per heavy atom. The molecule has 0 unspecified atom stereocenters. The van der Waals surface area contributed by atoms with Gasteiger partial charge < -0.3 is 15.4 Å². The van der Waals surface area contributed by atoms with Crippen molar-refractivity contribution in [3.8, 4) is 11.9 Å². The summed E-state index contributed by atoms with van der Waals surface area (Å²) < 4.78 is 5.87. The lowest BCUT2D eigenvalue weighted by Gasteiger charge is -2.28. The van der Waals surface area contributed by atoms with E-state index in [0.717, 1.165) is 25.7 Å². The van der Waals surface area contributed by atoms with Crippen molar-refractivity contribution in [2.75, 3.05) is 11.9 Å². The summed E-state index contributed by atoms with van der Waals surface area (Å²) >= 11 is 0. The second kappa shape index (κ2) is 9.69. The number of ether oxygens (including phenoxy) is 1. The number of nitrogens with one attached hydrogen (secondary N) is 2. The average molecular weight is 392 g/mol. The summed E-state index contributed by atoms with van der Waals surface area (Å²) in [5.41, 5.74) is 1.75. The fourth-order valence-corrected chi connectivity index (χ4v) is 3.34. The molecule has 0 aliphatic heterocycles. The molecule has 1 aliphatic rings. The lowest BCUT2D eigenvalue weighted by Crippen LogP contribution is -2.31. The number of hydrogen-bond acceptors (Lipinski definition) is 5. The molecule has 1 aliphatic carbocycles. The predicted molar refractivity (Wildman–Crippen MR) is 108 cm³/mol. The van der Waals surface area contributed by atoms with Crippen LogP contribution in [0.15, 0.2) is 42.6 Å². The molecular weight excluding hydrogens is 368 g/mol. The van der Waals surface area contributed by atoms with Crippen LogP contribution in [0.3, 0.4) is 0 Å². The lowest BCUT2D eigenvalue weighted by atomic mass is 9.86. The normalized spacial score (nSPS) is 18.3. The molecule has 7 heteroatoms. The van der Waals surface area contributed by atoms with Crippen LogP contribution in [0.1, 0.15) is 48.5 Å². The maximum absolute atomic E-state index is 12.6. The number of carbonyl (C=O) groups excluding carboxylic acids is 2. The van der Waals surface area contributed by atoms with Crippen LogP contribution in [0.5, 0.6) is 5.88 Å². The highest BCUT2D eigenvalue weighted by atomic mass is 16.5. The van der Waals surface area contributed by atoms with Gasteiger partial charge in [0.2, 0.25) is 11.8 Å². The Labute approximate surface area is 170 Å². The lowest BCUT2D eigenvalue weighted by molar-refractivity contribution is -0.121. The number of nitrogens with zero attached hydrogens (tertiary/aromatic N) is 2. The monoisotopic (exact) mass is 392 g/mol. The third kappa shape index (κ3) is 5.55. The van der Waals surface area contributed by atoms with Gasteiger partial charge >= 0.3 is 0 Å². The zero-order valence-corrected chi connectivity index (χ0v) is 16.4. The molecular formula is C22H24N4O3. The highest BCUT2D eigenvalue weighted by Crippen LogP contribution is 2.28. The number of rotatable bonds is 6. The first-order chi connectivity index (χ1) is 14.1. The van der Waals surface area contributed by atoms with Gasteiger partial charge in [-0.2, -0.15) is 5.26 Å². The molecule has 0 saturated heterocycles. The van der Waals surface area contributed by atoms with Crippen LogP contribution in [0.25, 0.3) is 0 Å². The molecule has 2 N–H and O–H groups in total. The van der Waals surface area contributed by atoms with E-state index in [-0.39, 0.29) is 23.8 Å². The summed E-state index contributed by atoms with van der Waals surface area (Å²) in [7, 11) is 0. The molecule has 7 nitrogen and oxygen atoms in total. The molecule has 150 valence electrons. The van der Waals surface area contributed by atoms with Gasteiger partial charge in [0.1, 0.15) is 12.2 Å². The van der Waals surface area contributed by atoms with E-state index in [1.54, 1.807) is 36.4 Å². The highest BCUT2D eigenvalue weighted by molar-refractivity contribution is 5.96. The van der Waals surface area contributed by atoms with Crippen molar-refractivity contribution >= 4 is 17.5 Å². The van der Waals surface area contributed by atoms with Gasteiger partial charge in [0.15, 0.2) is 0 Å². The molecule has 1 saturated carbocycles. The average Bonchev–Trinajstić information content (AvgIpc) is 2.75. The minimum absolute atomic E-state index is 0.00860.